The molecule has 0 radical (unpaired) electrons. The molecule has 4 heteroatoms. The van der Waals surface area contributed by atoms with E-state index in [9.17, 15) is 9.90 Å². The maximum absolute atomic E-state index is 11.5. The highest BCUT2D eigenvalue weighted by Crippen LogP contribution is 2.25. The van der Waals surface area contributed by atoms with Gasteiger partial charge in [-0.2, -0.15) is 0 Å². The van der Waals surface area contributed by atoms with Crippen LogP contribution in [0, 0.1) is 11.8 Å². The quantitative estimate of drug-likeness (QED) is 0.683. The van der Waals surface area contributed by atoms with Gasteiger partial charge in [-0.1, -0.05) is 27.7 Å². The minimum Gasteiger partial charge on any atom is -0.480 e. The standard InChI is InChI=1S/C16H32N2O2/c1-5-16(15(19)20,17-6-2)9-7-10-18-11-8-14(12-18)13(3)4/h13-14,17H,5-12H2,1-4H3,(H,19,20). The highest BCUT2D eigenvalue weighted by molar-refractivity contribution is 5.78. The van der Waals surface area contributed by atoms with E-state index in [1.54, 1.807) is 0 Å². The van der Waals surface area contributed by atoms with Crippen LogP contribution < -0.4 is 5.32 Å². The van der Waals surface area contributed by atoms with Crippen molar-refractivity contribution in [2.24, 2.45) is 11.8 Å². The van der Waals surface area contributed by atoms with E-state index in [1.807, 2.05) is 13.8 Å². The summed E-state index contributed by atoms with van der Waals surface area (Å²) in [6, 6.07) is 0. The first-order valence-electron chi connectivity index (χ1n) is 8.16. The minimum absolute atomic E-state index is 0.644. The number of nitrogens with one attached hydrogen (secondary N) is 1. The van der Waals surface area contributed by atoms with Crippen molar-refractivity contribution in [3.8, 4) is 0 Å². The molecule has 0 spiro atoms. The average Bonchev–Trinajstić information content (AvgIpc) is 2.86. The predicted octanol–water partition coefficient (Wildman–Crippen LogP) is 2.59. The summed E-state index contributed by atoms with van der Waals surface area (Å²) in [6.07, 6.45) is 3.61. The molecule has 1 rings (SSSR count). The summed E-state index contributed by atoms with van der Waals surface area (Å²) in [5.74, 6) is 0.873. The normalized spacial score (nSPS) is 23.1. The van der Waals surface area contributed by atoms with Crippen LogP contribution in [0.4, 0.5) is 0 Å². The molecule has 1 saturated heterocycles. The van der Waals surface area contributed by atoms with E-state index < -0.39 is 11.5 Å². The summed E-state index contributed by atoms with van der Waals surface area (Å²) in [5.41, 5.74) is -0.730. The largest absolute Gasteiger partial charge is 0.480 e. The second-order valence-electron chi connectivity index (χ2n) is 6.47. The summed E-state index contributed by atoms with van der Waals surface area (Å²) >= 11 is 0. The van der Waals surface area contributed by atoms with E-state index in [2.05, 4.69) is 24.1 Å². The van der Waals surface area contributed by atoms with Gasteiger partial charge in [0.15, 0.2) is 0 Å². The second kappa shape index (κ2) is 7.99. The zero-order valence-corrected chi connectivity index (χ0v) is 13.6. The average molecular weight is 284 g/mol. The Bertz CT molecular complexity index is 307. The number of hydrogen-bond acceptors (Lipinski definition) is 3. The lowest BCUT2D eigenvalue weighted by atomic mass is 9.90. The van der Waals surface area contributed by atoms with E-state index in [0.717, 1.165) is 31.2 Å². The Hall–Kier alpha value is -0.610. The van der Waals surface area contributed by atoms with E-state index >= 15 is 0 Å². The zero-order valence-electron chi connectivity index (χ0n) is 13.6. The van der Waals surface area contributed by atoms with Crippen LogP contribution in [0.2, 0.25) is 0 Å². The third kappa shape index (κ3) is 4.45. The van der Waals surface area contributed by atoms with Crippen LogP contribution in [-0.4, -0.2) is 47.7 Å². The molecular weight excluding hydrogens is 252 g/mol. The lowest BCUT2D eigenvalue weighted by molar-refractivity contribution is -0.145. The molecule has 1 heterocycles. The lowest BCUT2D eigenvalue weighted by Crippen LogP contribution is -2.51. The number of hydrogen-bond donors (Lipinski definition) is 2. The van der Waals surface area contributed by atoms with Gasteiger partial charge in [0.25, 0.3) is 0 Å². The van der Waals surface area contributed by atoms with Crippen molar-refractivity contribution in [1.29, 1.82) is 0 Å². The van der Waals surface area contributed by atoms with Gasteiger partial charge in [0.1, 0.15) is 5.54 Å². The van der Waals surface area contributed by atoms with Crippen molar-refractivity contribution >= 4 is 5.97 Å². The van der Waals surface area contributed by atoms with Crippen LogP contribution in [0.5, 0.6) is 0 Å². The smallest absolute Gasteiger partial charge is 0.323 e. The van der Waals surface area contributed by atoms with E-state index in [0.29, 0.717) is 13.0 Å². The van der Waals surface area contributed by atoms with Gasteiger partial charge in [0, 0.05) is 6.54 Å². The van der Waals surface area contributed by atoms with Crippen molar-refractivity contribution in [2.45, 2.75) is 58.9 Å². The summed E-state index contributed by atoms with van der Waals surface area (Å²) in [5, 5.41) is 12.7. The first-order chi connectivity index (χ1) is 9.45. The van der Waals surface area contributed by atoms with Gasteiger partial charge < -0.3 is 15.3 Å². The maximum Gasteiger partial charge on any atom is 0.323 e. The highest BCUT2D eigenvalue weighted by Gasteiger charge is 2.35. The number of carboxylic acid groups (broad SMARTS) is 1. The number of rotatable bonds is 9. The van der Waals surface area contributed by atoms with Crippen LogP contribution in [0.25, 0.3) is 0 Å². The molecular formula is C16H32N2O2. The number of aliphatic carboxylic acids is 1. The fourth-order valence-electron chi connectivity index (χ4n) is 3.28. The summed E-state index contributed by atoms with van der Waals surface area (Å²) < 4.78 is 0. The SMILES string of the molecule is CCNC(CC)(CCCN1CCC(C(C)C)C1)C(=O)O. The van der Waals surface area contributed by atoms with Crippen LogP contribution in [-0.2, 0) is 4.79 Å². The van der Waals surface area contributed by atoms with E-state index in [-0.39, 0.29) is 0 Å². The molecule has 2 N–H and O–H groups in total. The van der Waals surface area contributed by atoms with Crippen molar-refractivity contribution < 1.29 is 9.90 Å². The third-order valence-electron chi connectivity index (χ3n) is 4.86. The van der Waals surface area contributed by atoms with Gasteiger partial charge >= 0.3 is 5.97 Å². The Kier molecular flexibility index (Phi) is 6.96. The molecule has 0 aliphatic carbocycles. The molecule has 118 valence electrons. The maximum atomic E-state index is 11.5. The highest BCUT2D eigenvalue weighted by atomic mass is 16.4. The molecule has 4 nitrogen and oxygen atoms in total. The molecule has 1 aliphatic rings. The molecule has 0 aromatic carbocycles. The van der Waals surface area contributed by atoms with Crippen LogP contribution in [0.15, 0.2) is 0 Å². The Morgan fingerprint density at radius 1 is 1.45 bits per heavy atom. The Labute approximate surface area is 123 Å². The molecule has 1 aliphatic heterocycles. The van der Waals surface area contributed by atoms with Crippen LogP contribution >= 0.6 is 0 Å². The minimum atomic E-state index is -0.730. The molecule has 0 saturated carbocycles. The number of nitrogens with zero attached hydrogens (tertiary/aromatic N) is 1. The topological polar surface area (TPSA) is 52.6 Å². The van der Waals surface area contributed by atoms with Crippen LogP contribution in [0.3, 0.4) is 0 Å². The summed E-state index contributed by atoms with van der Waals surface area (Å²) in [6.45, 7) is 12.6. The number of likely N-dealkylation sites (N-methyl/N-ethyl adjacent to an activating group) is 1. The van der Waals surface area contributed by atoms with E-state index in [4.69, 9.17) is 0 Å². The predicted molar refractivity (Wildman–Crippen MR) is 83.0 cm³/mol. The lowest BCUT2D eigenvalue weighted by Gasteiger charge is -2.30. The van der Waals surface area contributed by atoms with Gasteiger partial charge in [0.2, 0.25) is 0 Å². The van der Waals surface area contributed by atoms with Gasteiger partial charge in [-0.3, -0.25) is 4.79 Å². The fourth-order valence-corrected chi connectivity index (χ4v) is 3.28. The van der Waals surface area contributed by atoms with Gasteiger partial charge in [-0.05, 0) is 57.2 Å². The molecule has 2 atom stereocenters. The fraction of sp³-hybridized carbons (Fsp3) is 0.938. The van der Waals surface area contributed by atoms with Crippen molar-refractivity contribution in [2.75, 3.05) is 26.2 Å². The number of likely N-dealkylation sites (tertiary alicyclic amines) is 1. The molecule has 0 aromatic heterocycles. The summed E-state index contributed by atoms with van der Waals surface area (Å²) in [4.78, 5) is 14.0. The molecule has 2 unspecified atom stereocenters. The zero-order chi connectivity index (χ0) is 15.2. The van der Waals surface area contributed by atoms with Crippen molar-refractivity contribution in [3.63, 3.8) is 0 Å². The summed E-state index contributed by atoms with van der Waals surface area (Å²) in [7, 11) is 0. The van der Waals surface area contributed by atoms with Gasteiger partial charge in [0.05, 0.1) is 0 Å². The van der Waals surface area contributed by atoms with Crippen LogP contribution in [0.1, 0.15) is 53.4 Å². The Morgan fingerprint density at radius 2 is 2.15 bits per heavy atom. The first-order valence-corrected chi connectivity index (χ1v) is 8.16. The number of carbonyl (C=O) groups is 1. The monoisotopic (exact) mass is 284 g/mol. The molecule has 20 heavy (non-hydrogen) atoms. The van der Waals surface area contributed by atoms with E-state index in [1.165, 1.54) is 19.5 Å². The van der Waals surface area contributed by atoms with Crippen molar-refractivity contribution in [3.05, 3.63) is 0 Å². The number of carboxylic acids is 1. The third-order valence-corrected chi connectivity index (χ3v) is 4.86. The molecule has 0 aromatic rings. The van der Waals surface area contributed by atoms with Gasteiger partial charge in [-0.15, -0.1) is 0 Å². The Morgan fingerprint density at radius 3 is 2.60 bits per heavy atom. The van der Waals surface area contributed by atoms with Crippen molar-refractivity contribution in [1.82, 2.24) is 10.2 Å². The second-order valence-corrected chi connectivity index (χ2v) is 6.47. The molecule has 0 bridgehead atoms. The molecule has 1 fully saturated rings. The Balaban J connectivity index is 2.40. The first kappa shape index (κ1) is 17.4. The molecule has 0 amide bonds. The van der Waals surface area contributed by atoms with Gasteiger partial charge in [-0.25, -0.2) is 0 Å².